The molecule has 76 valence electrons. The number of rotatable bonds is 2. The zero-order chi connectivity index (χ0) is 9.97. The lowest BCUT2D eigenvalue weighted by Gasteiger charge is -2.29. The molecule has 2 heteroatoms. The van der Waals surface area contributed by atoms with Gasteiger partial charge in [0.1, 0.15) is 0 Å². The molecule has 2 nitrogen and oxygen atoms in total. The minimum atomic E-state index is 0.372. The van der Waals surface area contributed by atoms with Gasteiger partial charge >= 0.3 is 0 Å². The Balaban J connectivity index is 2.30. The van der Waals surface area contributed by atoms with Crippen LogP contribution < -0.4 is 11.3 Å². The molecule has 0 spiro atoms. The standard InChI is InChI=1S/C12H18N2/c1-9(14-13)11-8-4-6-10-5-2-3-7-12(10)11/h2-3,5,7,9,11,14H,4,6,8,13H2,1H3. The molecule has 1 aromatic carbocycles. The number of benzene rings is 1. The molecule has 1 aliphatic rings. The second-order valence-corrected chi connectivity index (χ2v) is 4.15. The summed E-state index contributed by atoms with van der Waals surface area (Å²) in [6.45, 7) is 2.16. The van der Waals surface area contributed by atoms with Crippen molar-refractivity contribution in [1.29, 1.82) is 0 Å². The molecular weight excluding hydrogens is 172 g/mol. The topological polar surface area (TPSA) is 38.0 Å². The normalized spacial score (nSPS) is 22.9. The van der Waals surface area contributed by atoms with Gasteiger partial charge in [0.2, 0.25) is 0 Å². The zero-order valence-electron chi connectivity index (χ0n) is 8.66. The molecule has 2 atom stereocenters. The van der Waals surface area contributed by atoms with Crippen molar-refractivity contribution >= 4 is 0 Å². The van der Waals surface area contributed by atoms with E-state index in [4.69, 9.17) is 5.84 Å². The van der Waals surface area contributed by atoms with Crippen molar-refractivity contribution in [1.82, 2.24) is 5.43 Å². The SMILES string of the molecule is CC(NN)C1CCCc2ccccc21. The van der Waals surface area contributed by atoms with Crippen LogP contribution in [0.5, 0.6) is 0 Å². The second kappa shape index (κ2) is 4.11. The van der Waals surface area contributed by atoms with Gasteiger partial charge in [-0.05, 0) is 37.3 Å². The number of hydrazine groups is 1. The predicted octanol–water partition coefficient (Wildman–Crippen LogP) is 1.96. The molecule has 2 unspecified atom stereocenters. The van der Waals surface area contributed by atoms with Crippen molar-refractivity contribution in [2.75, 3.05) is 0 Å². The van der Waals surface area contributed by atoms with Gasteiger partial charge in [-0.2, -0.15) is 0 Å². The summed E-state index contributed by atoms with van der Waals surface area (Å²) in [4.78, 5) is 0. The second-order valence-electron chi connectivity index (χ2n) is 4.15. The number of fused-ring (bicyclic) bond motifs is 1. The zero-order valence-corrected chi connectivity index (χ0v) is 8.66. The first-order valence-corrected chi connectivity index (χ1v) is 5.37. The smallest absolute Gasteiger partial charge is 0.0251 e. The summed E-state index contributed by atoms with van der Waals surface area (Å²) in [6, 6.07) is 9.11. The van der Waals surface area contributed by atoms with Crippen LogP contribution in [0.4, 0.5) is 0 Å². The molecule has 0 amide bonds. The molecular formula is C12H18N2. The van der Waals surface area contributed by atoms with Crippen LogP contribution in [0, 0.1) is 0 Å². The lowest BCUT2D eigenvalue weighted by molar-refractivity contribution is 0.421. The highest BCUT2D eigenvalue weighted by Gasteiger charge is 2.23. The summed E-state index contributed by atoms with van der Waals surface area (Å²) in [7, 11) is 0. The maximum atomic E-state index is 5.51. The summed E-state index contributed by atoms with van der Waals surface area (Å²) in [5, 5.41) is 0. The van der Waals surface area contributed by atoms with Crippen LogP contribution in [0.1, 0.15) is 36.8 Å². The Kier molecular flexibility index (Phi) is 2.85. The summed E-state index contributed by atoms with van der Waals surface area (Å²) in [5.74, 6) is 6.10. The van der Waals surface area contributed by atoms with Crippen molar-refractivity contribution in [2.24, 2.45) is 5.84 Å². The van der Waals surface area contributed by atoms with Gasteiger partial charge in [0.25, 0.3) is 0 Å². The van der Waals surface area contributed by atoms with Crippen LogP contribution in [0.25, 0.3) is 0 Å². The monoisotopic (exact) mass is 190 g/mol. The molecule has 0 saturated carbocycles. The fraction of sp³-hybridized carbons (Fsp3) is 0.500. The van der Waals surface area contributed by atoms with E-state index in [1.54, 1.807) is 0 Å². The number of aryl methyl sites for hydroxylation is 1. The van der Waals surface area contributed by atoms with E-state index in [1.807, 2.05) is 0 Å². The lowest BCUT2D eigenvalue weighted by Crippen LogP contribution is -2.38. The minimum absolute atomic E-state index is 0.372. The average Bonchev–Trinajstić information content (AvgIpc) is 2.27. The Morgan fingerprint density at radius 1 is 1.43 bits per heavy atom. The quantitative estimate of drug-likeness (QED) is 0.552. The molecule has 0 bridgehead atoms. The number of nitrogens with two attached hydrogens (primary N) is 1. The van der Waals surface area contributed by atoms with Crippen molar-refractivity contribution in [3.8, 4) is 0 Å². The van der Waals surface area contributed by atoms with E-state index in [0.29, 0.717) is 12.0 Å². The van der Waals surface area contributed by atoms with Crippen LogP contribution in [0.3, 0.4) is 0 Å². The molecule has 0 heterocycles. The first kappa shape index (κ1) is 9.69. The fourth-order valence-corrected chi connectivity index (χ4v) is 2.43. The van der Waals surface area contributed by atoms with Crippen molar-refractivity contribution in [3.05, 3.63) is 35.4 Å². The van der Waals surface area contributed by atoms with Gasteiger partial charge in [0, 0.05) is 12.0 Å². The highest BCUT2D eigenvalue weighted by atomic mass is 15.2. The molecule has 1 aliphatic carbocycles. The maximum Gasteiger partial charge on any atom is 0.0251 e. The molecule has 2 rings (SSSR count). The van der Waals surface area contributed by atoms with E-state index < -0.39 is 0 Å². The summed E-state index contributed by atoms with van der Waals surface area (Å²) >= 11 is 0. The van der Waals surface area contributed by atoms with E-state index >= 15 is 0 Å². The maximum absolute atomic E-state index is 5.51. The van der Waals surface area contributed by atoms with Crippen LogP contribution in [0.2, 0.25) is 0 Å². The first-order valence-electron chi connectivity index (χ1n) is 5.37. The Hall–Kier alpha value is -0.860. The van der Waals surface area contributed by atoms with Gasteiger partial charge in [-0.3, -0.25) is 11.3 Å². The minimum Gasteiger partial charge on any atom is -0.271 e. The van der Waals surface area contributed by atoms with E-state index in [2.05, 4.69) is 36.6 Å². The number of hydrogen-bond donors (Lipinski definition) is 2. The largest absolute Gasteiger partial charge is 0.271 e. The lowest BCUT2D eigenvalue weighted by atomic mass is 9.79. The van der Waals surface area contributed by atoms with Crippen LogP contribution in [-0.4, -0.2) is 6.04 Å². The van der Waals surface area contributed by atoms with Gasteiger partial charge in [0.15, 0.2) is 0 Å². The third-order valence-corrected chi connectivity index (χ3v) is 3.28. The Morgan fingerprint density at radius 3 is 3.00 bits per heavy atom. The molecule has 0 fully saturated rings. The van der Waals surface area contributed by atoms with Gasteiger partial charge in [-0.25, -0.2) is 0 Å². The molecule has 1 aromatic rings. The van der Waals surface area contributed by atoms with Crippen LogP contribution in [0.15, 0.2) is 24.3 Å². The van der Waals surface area contributed by atoms with E-state index in [0.717, 1.165) is 0 Å². The molecule has 0 aliphatic heterocycles. The highest BCUT2D eigenvalue weighted by Crippen LogP contribution is 2.33. The average molecular weight is 190 g/mol. The predicted molar refractivity (Wildman–Crippen MR) is 58.9 cm³/mol. The van der Waals surface area contributed by atoms with Crippen molar-refractivity contribution < 1.29 is 0 Å². The van der Waals surface area contributed by atoms with Crippen LogP contribution in [-0.2, 0) is 6.42 Å². The summed E-state index contributed by atoms with van der Waals surface area (Å²) in [5.41, 5.74) is 5.87. The van der Waals surface area contributed by atoms with Gasteiger partial charge in [0.05, 0.1) is 0 Å². The van der Waals surface area contributed by atoms with Crippen LogP contribution >= 0.6 is 0 Å². The fourth-order valence-electron chi connectivity index (χ4n) is 2.43. The number of nitrogens with one attached hydrogen (secondary N) is 1. The Labute approximate surface area is 85.5 Å². The Bertz CT molecular complexity index is 309. The third kappa shape index (κ3) is 1.68. The van der Waals surface area contributed by atoms with E-state index in [-0.39, 0.29) is 0 Å². The molecule has 0 saturated heterocycles. The van der Waals surface area contributed by atoms with Gasteiger partial charge in [-0.1, -0.05) is 24.3 Å². The van der Waals surface area contributed by atoms with E-state index in [1.165, 1.54) is 30.4 Å². The van der Waals surface area contributed by atoms with Crippen molar-refractivity contribution in [2.45, 2.75) is 38.1 Å². The molecule has 0 aromatic heterocycles. The summed E-state index contributed by atoms with van der Waals surface area (Å²) < 4.78 is 0. The van der Waals surface area contributed by atoms with E-state index in [9.17, 15) is 0 Å². The summed E-state index contributed by atoms with van der Waals surface area (Å²) in [6.07, 6.45) is 3.76. The third-order valence-electron chi connectivity index (χ3n) is 3.28. The van der Waals surface area contributed by atoms with Gasteiger partial charge < -0.3 is 0 Å². The van der Waals surface area contributed by atoms with Gasteiger partial charge in [-0.15, -0.1) is 0 Å². The number of hydrogen-bond acceptors (Lipinski definition) is 2. The molecule has 14 heavy (non-hydrogen) atoms. The molecule has 3 N–H and O–H groups in total. The Morgan fingerprint density at radius 2 is 2.21 bits per heavy atom. The molecule has 0 radical (unpaired) electrons. The van der Waals surface area contributed by atoms with Crippen molar-refractivity contribution in [3.63, 3.8) is 0 Å². The first-order chi connectivity index (χ1) is 6.83. The highest BCUT2D eigenvalue weighted by molar-refractivity contribution is 5.33.